The molecule has 164 valence electrons. The van der Waals surface area contributed by atoms with E-state index in [1.54, 1.807) is 29.2 Å². The van der Waals surface area contributed by atoms with Crippen LogP contribution in [0.15, 0.2) is 53.4 Å². The summed E-state index contributed by atoms with van der Waals surface area (Å²) in [6.07, 6.45) is 0.400. The lowest BCUT2D eigenvalue weighted by Gasteiger charge is -2.23. The van der Waals surface area contributed by atoms with Gasteiger partial charge in [0, 0.05) is 21.9 Å². The van der Waals surface area contributed by atoms with E-state index in [4.69, 9.17) is 16.7 Å². The predicted molar refractivity (Wildman–Crippen MR) is 126 cm³/mol. The van der Waals surface area contributed by atoms with Crippen molar-refractivity contribution in [2.45, 2.75) is 18.9 Å². The monoisotopic (exact) mass is 486 g/mol. The molecule has 1 fully saturated rings. The zero-order valence-electron chi connectivity index (χ0n) is 17.1. The first kappa shape index (κ1) is 21.1. The largest absolute Gasteiger partial charge is 0.346 e. The van der Waals surface area contributed by atoms with Gasteiger partial charge in [-0.15, -0.1) is 11.3 Å². The van der Waals surface area contributed by atoms with Gasteiger partial charge in [0.1, 0.15) is 5.69 Å². The van der Waals surface area contributed by atoms with Crippen molar-refractivity contribution in [1.82, 2.24) is 20.1 Å². The normalized spacial score (nSPS) is 19.9. The number of halogens is 1. The number of amides is 1. The molecule has 1 aliphatic rings. The Morgan fingerprint density at radius 2 is 2.06 bits per heavy atom. The van der Waals surface area contributed by atoms with E-state index in [2.05, 4.69) is 10.3 Å². The molecule has 4 aromatic rings. The third kappa shape index (κ3) is 3.80. The molecule has 0 saturated carbocycles. The minimum Gasteiger partial charge on any atom is -0.346 e. The molecule has 0 aliphatic carbocycles. The van der Waals surface area contributed by atoms with Crippen molar-refractivity contribution < 1.29 is 13.2 Å². The fraction of sp³-hybridized carbons (Fsp3) is 0.227. The molecule has 1 N–H and O–H groups in total. The number of aromatic nitrogens is 3. The van der Waals surface area contributed by atoms with Crippen molar-refractivity contribution in [2.75, 3.05) is 11.5 Å². The number of carbonyl (C=O) groups excluding carboxylic acids is 1. The van der Waals surface area contributed by atoms with Gasteiger partial charge in [0.2, 0.25) is 0 Å². The number of benzene rings is 2. The highest BCUT2D eigenvalue weighted by molar-refractivity contribution is 7.91. The van der Waals surface area contributed by atoms with E-state index in [9.17, 15) is 13.2 Å². The van der Waals surface area contributed by atoms with Crippen LogP contribution in [-0.2, 0) is 9.84 Å². The molecule has 1 saturated heterocycles. The molecule has 5 rings (SSSR count). The first-order valence-electron chi connectivity index (χ1n) is 9.94. The Morgan fingerprint density at radius 1 is 1.25 bits per heavy atom. The number of nitrogens with one attached hydrogen (secondary N) is 1. The molecule has 0 spiro atoms. The molecule has 2 aromatic carbocycles. The molecule has 10 heteroatoms. The van der Waals surface area contributed by atoms with E-state index in [0.29, 0.717) is 34.0 Å². The number of thiazole rings is 1. The van der Waals surface area contributed by atoms with Crippen LogP contribution in [0, 0.1) is 0 Å². The zero-order chi connectivity index (χ0) is 22.5. The van der Waals surface area contributed by atoms with Crippen molar-refractivity contribution in [1.29, 1.82) is 0 Å². The van der Waals surface area contributed by atoms with Crippen molar-refractivity contribution >= 4 is 49.6 Å². The minimum atomic E-state index is -3.13. The quantitative estimate of drug-likeness (QED) is 0.468. The summed E-state index contributed by atoms with van der Waals surface area (Å²) >= 11 is 7.88. The lowest BCUT2D eigenvalue weighted by Crippen LogP contribution is -2.46. The third-order valence-electron chi connectivity index (χ3n) is 5.63. The van der Waals surface area contributed by atoms with Crippen molar-refractivity contribution in [2.24, 2.45) is 0 Å². The summed E-state index contributed by atoms with van der Waals surface area (Å²) in [4.78, 5) is 17.4. The molecule has 1 amide bonds. The maximum Gasteiger partial charge on any atom is 0.251 e. The fourth-order valence-corrected chi connectivity index (χ4v) is 6.88. The van der Waals surface area contributed by atoms with Gasteiger partial charge in [0.15, 0.2) is 15.7 Å². The topological polar surface area (TPSA) is 93.9 Å². The van der Waals surface area contributed by atoms with E-state index in [1.165, 1.54) is 11.3 Å². The molecule has 1 atom stereocenters. The number of fused-ring (bicyclic) bond motifs is 1. The van der Waals surface area contributed by atoms with E-state index in [-0.39, 0.29) is 17.4 Å². The lowest BCUT2D eigenvalue weighted by molar-refractivity contribution is 0.0915. The summed E-state index contributed by atoms with van der Waals surface area (Å²) in [5.41, 5.74) is 3.56. The second kappa shape index (κ2) is 7.68. The molecule has 7 nitrogen and oxygen atoms in total. The Hall–Kier alpha value is -2.75. The zero-order valence-corrected chi connectivity index (χ0v) is 19.5. The summed E-state index contributed by atoms with van der Waals surface area (Å²) < 4.78 is 25.5. The second-order valence-corrected chi connectivity index (χ2v) is 11.5. The lowest BCUT2D eigenvalue weighted by atomic mass is 10.0. The van der Waals surface area contributed by atoms with Gasteiger partial charge in [0.25, 0.3) is 5.91 Å². The molecular weight excluding hydrogens is 468 g/mol. The standard InChI is InChI=1S/C22H19ClN4O3S2/c1-22(8-9-32(29,30)12-22)25-21(28)14-6-7-16-18(10-14)27(19-11-31-13-24-19)26-20(16)15-4-2-3-5-17(15)23/h2-7,10-11,13H,8-9,12H2,1H3,(H,25,28). The molecule has 1 aliphatic heterocycles. The SMILES string of the molecule is CC1(NC(=O)c2ccc3c(-c4ccccc4Cl)nn(-c4cscn4)c3c2)CCS(=O)(=O)C1. The van der Waals surface area contributed by atoms with Crippen LogP contribution >= 0.6 is 22.9 Å². The van der Waals surface area contributed by atoms with E-state index in [1.807, 2.05) is 35.7 Å². The van der Waals surface area contributed by atoms with Crippen LogP contribution in [0.25, 0.3) is 28.0 Å². The van der Waals surface area contributed by atoms with Crippen molar-refractivity contribution in [3.05, 3.63) is 63.9 Å². The second-order valence-electron chi connectivity index (χ2n) is 8.18. The molecule has 32 heavy (non-hydrogen) atoms. The number of sulfone groups is 1. The molecule has 3 heterocycles. The van der Waals surface area contributed by atoms with Gasteiger partial charge in [-0.2, -0.15) is 5.10 Å². The smallest absolute Gasteiger partial charge is 0.251 e. The highest BCUT2D eigenvalue weighted by Gasteiger charge is 2.39. The highest BCUT2D eigenvalue weighted by atomic mass is 35.5. The number of nitrogens with zero attached hydrogens (tertiary/aromatic N) is 3. The fourth-order valence-electron chi connectivity index (χ4n) is 4.05. The van der Waals surface area contributed by atoms with Crippen molar-refractivity contribution in [3.63, 3.8) is 0 Å². The van der Waals surface area contributed by atoms with Gasteiger partial charge in [-0.3, -0.25) is 4.79 Å². The number of hydrogen-bond donors (Lipinski definition) is 1. The average molecular weight is 487 g/mol. The average Bonchev–Trinajstić information content (AvgIpc) is 3.45. The first-order valence-corrected chi connectivity index (χ1v) is 13.1. The third-order valence-corrected chi connectivity index (χ3v) is 8.43. The summed E-state index contributed by atoms with van der Waals surface area (Å²) in [5.74, 6) is 0.351. The van der Waals surface area contributed by atoms with Gasteiger partial charge < -0.3 is 5.32 Å². The summed E-state index contributed by atoms with van der Waals surface area (Å²) in [6, 6.07) is 12.8. The summed E-state index contributed by atoms with van der Waals surface area (Å²) in [5, 5.41) is 11.0. The summed E-state index contributed by atoms with van der Waals surface area (Å²) in [7, 11) is -3.13. The molecule has 0 bridgehead atoms. The van der Waals surface area contributed by atoms with Crippen LogP contribution in [-0.4, -0.2) is 46.1 Å². The minimum absolute atomic E-state index is 0.0542. The van der Waals surface area contributed by atoms with E-state index < -0.39 is 15.4 Å². The Labute approximate surface area is 194 Å². The van der Waals surface area contributed by atoms with Crippen LogP contribution < -0.4 is 5.32 Å². The number of rotatable bonds is 4. The predicted octanol–water partition coefficient (Wildman–Crippen LogP) is 4.11. The number of carbonyl (C=O) groups is 1. The first-order chi connectivity index (χ1) is 15.2. The Bertz CT molecular complexity index is 1450. The van der Waals surface area contributed by atoms with E-state index in [0.717, 1.165) is 10.9 Å². The molecule has 1 unspecified atom stereocenters. The van der Waals surface area contributed by atoms with Crippen LogP contribution in [0.2, 0.25) is 5.02 Å². The maximum absolute atomic E-state index is 13.0. The molecule has 2 aromatic heterocycles. The summed E-state index contributed by atoms with van der Waals surface area (Å²) in [6.45, 7) is 1.77. The van der Waals surface area contributed by atoms with E-state index >= 15 is 0 Å². The van der Waals surface area contributed by atoms with Crippen molar-refractivity contribution in [3.8, 4) is 17.1 Å². The molecular formula is C22H19ClN4O3S2. The number of hydrogen-bond acceptors (Lipinski definition) is 6. The van der Waals surface area contributed by atoms with Crippen LogP contribution in [0.3, 0.4) is 0 Å². The van der Waals surface area contributed by atoms with Gasteiger partial charge in [-0.25, -0.2) is 18.1 Å². The Kier molecular flexibility index (Phi) is 5.07. The Morgan fingerprint density at radius 3 is 2.75 bits per heavy atom. The Balaban J connectivity index is 1.60. The van der Waals surface area contributed by atoms with Gasteiger partial charge >= 0.3 is 0 Å². The van der Waals surface area contributed by atoms with Crippen LogP contribution in [0.4, 0.5) is 0 Å². The van der Waals surface area contributed by atoms with Gasteiger partial charge in [-0.05, 0) is 37.6 Å². The van der Waals surface area contributed by atoms with Gasteiger partial charge in [-0.1, -0.05) is 29.8 Å². The van der Waals surface area contributed by atoms with Crippen LogP contribution in [0.1, 0.15) is 23.7 Å². The highest BCUT2D eigenvalue weighted by Crippen LogP contribution is 2.34. The van der Waals surface area contributed by atoms with Gasteiger partial charge in [0.05, 0.1) is 33.1 Å². The molecule has 0 radical (unpaired) electrons. The maximum atomic E-state index is 13.0. The van der Waals surface area contributed by atoms with Crippen LogP contribution in [0.5, 0.6) is 0 Å².